The number of hydrogen-bond acceptors (Lipinski definition) is 3. The van der Waals surface area contributed by atoms with Crippen molar-refractivity contribution in [3.8, 4) is 0 Å². The second-order valence-corrected chi connectivity index (χ2v) is 4.39. The van der Waals surface area contributed by atoms with Gasteiger partial charge in [0.1, 0.15) is 0 Å². The normalized spacial score (nSPS) is 23.6. The monoisotopic (exact) mass is 237 g/mol. The Kier molecular flexibility index (Phi) is 3.17. The van der Waals surface area contributed by atoms with Crippen LogP contribution in [0.5, 0.6) is 0 Å². The summed E-state index contributed by atoms with van der Waals surface area (Å²) in [6.45, 7) is 1.78. The molecule has 1 saturated carbocycles. The molecule has 0 aliphatic heterocycles. The van der Waals surface area contributed by atoms with Gasteiger partial charge >= 0.3 is 5.97 Å². The zero-order valence-electron chi connectivity index (χ0n) is 9.60. The first-order valence-corrected chi connectivity index (χ1v) is 5.67. The molecule has 1 aromatic rings. The van der Waals surface area contributed by atoms with Crippen molar-refractivity contribution < 1.29 is 19.1 Å². The molecule has 1 heterocycles. The lowest BCUT2D eigenvalue weighted by Gasteiger charge is -2.16. The van der Waals surface area contributed by atoms with E-state index in [2.05, 4.69) is 5.32 Å². The van der Waals surface area contributed by atoms with Gasteiger partial charge in [-0.15, -0.1) is 0 Å². The van der Waals surface area contributed by atoms with Gasteiger partial charge in [-0.3, -0.25) is 9.59 Å². The van der Waals surface area contributed by atoms with Crippen LogP contribution in [-0.4, -0.2) is 23.0 Å². The van der Waals surface area contributed by atoms with E-state index in [4.69, 9.17) is 9.52 Å². The van der Waals surface area contributed by atoms with E-state index in [9.17, 15) is 9.59 Å². The zero-order chi connectivity index (χ0) is 12.4. The number of aliphatic carboxylic acids is 1. The smallest absolute Gasteiger partial charge is 0.308 e. The van der Waals surface area contributed by atoms with Crippen LogP contribution in [0, 0.1) is 12.8 Å². The average molecular weight is 237 g/mol. The lowest BCUT2D eigenvalue weighted by Crippen LogP contribution is -2.40. The van der Waals surface area contributed by atoms with Crippen molar-refractivity contribution in [3.63, 3.8) is 0 Å². The van der Waals surface area contributed by atoms with E-state index < -0.39 is 11.9 Å². The van der Waals surface area contributed by atoms with Crippen molar-refractivity contribution in [2.75, 3.05) is 0 Å². The van der Waals surface area contributed by atoms with E-state index in [1.165, 1.54) is 6.26 Å². The minimum Gasteiger partial charge on any atom is -0.481 e. The number of nitrogens with one attached hydrogen (secondary N) is 1. The van der Waals surface area contributed by atoms with E-state index >= 15 is 0 Å². The maximum absolute atomic E-state index is 11.9. The fraction of sp³-hybridized carbons (Fsp3) is 0.500. The molecule has 0 aromatic carbocycles. The van der Waals surface area contributed by atoms with Gasteiger partial charge in [-0.25, -0.2) is 0 Å². The first-order chi connectivity index (χ1) is 8.09. The molecular weight excluding hydrogens is 222 g/mol. The predicted octanol–water partition coefficient (Wildman–Crippen LogP) is 1.57. The van der Waals surface area contributed by atoms with Gasteiger partial charge in [-0.2, -0.15) is 0 Å². The summed E-state index contributed by atoms with van der Waals surface area (Å²) in [5.74, 6) is -1.38. The molecule has 1 aliphatic carbocycles. The minimum absolute atomic E-state index is 0.265. The molecule has 0 saturated heterocycles. The maximum atomic E-state index is 11.9. The molecule has 0 spiro atoms. The molecule has 2 atom stereocenters. The fourth-order valence-corrected chi connectivity index (χ4v) is 2.27. The molecule has 0 bridgehead atoms. The summed E-state index contributed by atoms with van der Waals surface area (Å²) in [6.07, 6.45) is 3.62. The van der Waals surface area contributed by atoms with Crippen LogP contribution < -0.4 is 5.32 Å². The quantitative estimate of drug-likeness (QED) is 0.836. The minimum atomic E-state index is -0.844. The lowest BCUT2D eigenvalue weighted by atomic mass is 10.0. The Hall–Kier alpha value is -1.78. The molecule has 1 amide bonds. The van der Waals surface area contributed by atoms with Crippen LogP contribution in [0.15, 0.2) is 16.7 Å². The van der Waals surface area contributed by atoms with E-state index in [1.54, 1.807) is 13.0 Å². The Morgan fingerprint density at radius 1 is 1.47 bits per heavy atom. The van der Waals surface area contributed by atoms with E-state index in [-0.39, 0.29) is 17.7 Å². The van der Waals surface area contributed by atoms with Crippen LogP contribution in [0.1, 0.15) is 35.4 Å². The van der Waals surface area contributed by atoms with Crippen molar-refractivity contribution in [2.45, 2.75) is 32.2 Å². The van der Waals surface area contributed by atoms with Crippen LogP contribution in [0.2, 0.25) is 0 Å². The Balaban J connectivity index is 2.04. The third-order valence-corrected chi connectivity index (χ3v) is 3.22. The lowest BCUT2D eigenvalue weighted by molar-refractivity contribution is -0.142. The van der Waals surface area contributed by atoms with Crippen molar-refractivity contribution in [1.29, 1.82) is 0 Å². The molecule has 0 radical (unpaired) electrons. The molecule has 1 aliphatic rings. The summed E-state index contributed by atoms with van der Waals surface area (Å²) in [4.78, 5) is 22.8. The molecule has 17 heavy (non-hydrogen) atoms. The van der Waals surface area contributed by atoms with Crippen LogP contribution in [0.3, 0.4) is 0 Å². The standard InChI is InChI=1S/C12H15NO4/c1-7-5-6-17-10(7)11(14)13-9-4-2-3-8(9)12(15)16/h5-6,8-9H,2-4H2,1H3,(H,13,14)(H,15,16). The summed E-state index contributed by atoms with van der Waals surface area (Å²) >= 11 is 0. The summed E-state index contributed by atoms with van der Waals surface area (Å²) in [5.41, 5.74) is 0.757. The highest BCUT2D eigenvalue weighted by Gasteiger charge is 2.34. The molecule has 2 N–H and O–H groups in total. The molecule has 5 nitrogen and oxygen atoms in total. The number of carboxylic acids is 1. The number of carbonyl (C=O) groups is 2. The highest BCUT2D eigenvalue weighted by atomic mass is 16.4. The van der Waals surface area contributed by atoms with Gasteiger partial charge in [-0.1, -0.05) is 6.42 Å². The van der Waals surface area contributed by atoms with Gasteiger partial charge in [0.15, 0.2) is 5.76 Å². The molecule has 1 fully saturated rings. The van der Waals surface area contributed by atoms with E-state index in [0.717, 1.165) is 12.0 Å². The molecule has 2 unspecified atom stereocenters. The van der Waals surface area contributed by atoms with Gasteiger partial charge in [0, 0.05) is 11.6 Å². The van der Waals surface area contributed by atoms with Gasteiger partial charge in [0.2, 0.25) is 0 Å². The van der Waals surface area contributed by atoms with Crippen LogP contribution >= 0.6 is 0 Å². The molecule has 5 heteroatoms. The second kappa shape index (κ2) is 4.61. The highest BCUT2D eigenvalue weighted by molar-refractivity contribution is 5.93. The number of furan rings is 1. The Bertz CT molecular complexity index is 437. The molecular formula is C12H15NO4. The number of carboxylic acid groups (broad SMARTS) is 1. The first-order valence-electron chi connectivity index (χ1n) is 5.67. The third-order valence-electron chi connectivity index (χ3n) is 3.22. The van der Waals surface area contributed by atoms with Crippen molar-refractivity contribution in [1.82, 2.24) is 5.32 Å². The summed E-state index contributed by atoms with van der Waals surface area (Å²) in [6, 6.07) is 1.42. The SMILES string of the molecule is Cc1ccoc1C(=O)NC1CCCC1C(=O)O. The number of carbonyl (C=O) groups excluding carboxylic acids is 1. The van der Waals surface area contributed by atoms with Crippen LogP contribution in [-0.2, 0) is 4.79 Å². The maximum Gasteiger partial charge on any atom is 0.308 e. The Morgan fingerprint density at radius 3 is 2.82 bits per heavy atom. The average Bonchev–Trinajstić information content (AvgIpc) is 2.86. The molecule has 92 valence electrons. The Labute approximate surface area is 98.8 Å². The largest absolute Gasteiger partial charge is 0.481 e. The molecule has 2 rings (SSSR count). The number of hydrogen-bond donors (Lipinski definition) is 2. The van der Waals surface area contributed by atoms with Crippen molar-refractivity contribution in [3.05, 3.63) is 23.7 Å². The van der Waals surface area contributed by atoms with Gasteiger partial charge < -0.3 is 14.8 Å². The predicted molar refractivity (Wildman–Crippen MR) is 59.7 cm³/mol. The summed E-state index contributed by atoms with van der Waals surface area (Å²) < 4.78 is 5.07. The van der Waals surface area contributed by atoms with Crippen molar-refractivity contribution >= 4 is 11.9 Å². The highest BCUT2D eigenvalue weighted by Crippen LogP contribution is 2.26. The van der Waals surface area contributed by atoms with Gasteiger partial charge in [0.05, 0.1) is 12.2 Å². The number of rotatable bonds is 3. The summed E-state index contributed by atoms with van der Waals surface area (Å²) in [7, 11) is 0. The first kappa shape index (κ1) is 11.7. The second-order valence-electron chi connectivity index (χ2n) is 4.39. The van der Waals surface area contributed by atoms with E-state index in [0.29, 0.717) is 12.8 Å². The number of amides is 1. The molecule has 1 aromatic heterocycles. The zero-order valence-corrected chi connectivity index (χ0v) is 9.60. The summed E-state index contributed by atoms with van der Waals surface area (Å²) in [5, 5.41) is 11.7. The number of aryl methyl sites for hydroxylation is 1. The van der Waals surface area contributed by atoms with E-state index in [1.807, 2.05) is 0 Å². The van der Waals surface area contributed by atoms with Gasteiger partial charge in [0.25, 0.3) is 5.91 Å². The van der Waals surface area contributed by atoms with Crippen LogP contribution in [0.4, 0.5) is 0 Å². The van der Waals surface area contributed by atoms with Crippen molar-refractivity contribution in [2.24, 2.45) is 5.92 Å². The topological polar surface area (TPSA) is 79.5 Å². The Morgan fingerprint density at radius 2 is 2.24 bits per heavy atom. The van der Waals surface area contributed by atoms with Crippen LogP contribution in [0.25, 0.3) is 0 Å². The fourth-order valence-electron chi connectivity index (χ4n) is 2.27. The third kappa shape index (κ3) is 2.33. The van der Waals surface area contributed by atoms with Gasteiger partial charge in [-0.05, 0) is 25.8 Å².